The molecule has 3 rings (SSSR count). The summed E-state index contributed by atoms with van der Waals surface area (Å²) in [6.07, 6.45) is 4.45. The number of carbonyl (C=O) groups is 1. The number of nitrogens with zero attached hydrogens (tertiary/aromatic N) is 1. The van der Waals surface area contributed by atoms with Gasteiger partial charge >= 0.3 is 0 Å². The van der Waals surface area contributed by atoms with E-state index in [1.807, 2.05) is 6.07 Å². The smallest absolute Gasteiger partial charge is 0.267 e. The third-order valence-corrected chi connectivity index (χ3v) is 6.28. The van der Waals surface area contributed by atoms with Gasteiger partial charge in [0.2, 0.25) is 0 Å². The van der Waals surface area contributed by atoms with Crippen molar-refractivity contribution >= 4 is 15.9 Å². The number of hydrogen-bond donors (Lipinski definition) is 0. The van der Waals surface area contributed by atoms with Crippen LogP contribution in [0.25, 0.3) is 0 Å². The van der Waals surface area contributed by atoms with E-state index < -0.39 is 15.9 Å². The zero-order valence-electron chi connectivity index (χ0n) is 13.5. The molecule has 0 spiro atoms. The molecular weight excluding hydrogens is 322 g/mol. The summed E-state index contributed by atoms with van der Waals surface area (Å²) >= 11 is 0. The highest BCUT2D eigenvalue weighted by Gasteiger charge is 2.36. The zero-order chi connectivity index (χ0) is 17.0. The fourth-order valence-electron chi connectivity index (χ4n) is 3.20. The lowest BCUT2D eigenvalue weighted by molar-refractivity contribution is 0.0797. The van der Waals surface area contributed by atoms with Crippen molar-refractivity contribution in [2.75, 3.05) is 0 Å². The SMILES string of the molecule is O=C(c1ccccc1)N(C1CCCCC1)S(=O)(=O)c1ccccc1. The molecule has 0 heterocycles. The van der Waals surface area contributed by atoms with Crippen molar-refractivity contribution in [3.05, 3.63) is 66.2 Å². The Kier molecular flexibility index (Phi) is 5.00. The first-order valence-electron chi connectivity index (χ1n) is 8.29. The number of benzene rings is 2. The second-order valence-electron chi connectivity index (χ2n) is 6.08. The molecule has 0 unspecified atom stereocenters. The van der Waals surface area contributed by atoms with Gasteiger partial charge in [0.05, 0.1) is 4.90 Å². The Balaban J connectivity index is 2.03. The highest BCUT2D eigenvalue weighted by atomic mass is 32.2. The number of hydrogen-bond acceptors (Lipinski definition) is 3. The molecule has 1 saturated carbocycles. The number of rotatable bonds is 4. The Hall–Kier alpha value is -2.14. The molecule has 0 saturated heterocycles. The van der Waals surface area contributed by atoms with Gasteiger partial charge in [-0.3, -0.25) is 4.79 Å². The fourth-order valence-corrected chi connectivity index (χ4v) is 4.86. The van der Waals surface area contributed by atoms with Gasteiger partial charge in [0, 0.05) is 11.6 Å². The predicted octanol–water partition coefficient (Wildman–Crippen LogP) is 3.85. The molecule has 2 aromatic carbocycles. The van der Waals surface area contributed by atoms with E-state index in [1.165, 1.54) is 0 Å². The van der Waals surface area contributed by atoms with Crippen molar-refractivity contribution in [1.29, 1.82) is 0 Å². The molecule has 0 N–H and O–H groups in total. The van der Waals surface area contributed by atoms with Gasteiger partial charge in [-0.05, 0) is 37.1 Å². The zero-order valence-corrected chi connectivity index (χ0v) is 14.3. The van der Waals surface area contributed by atoms with E-state index in [4.69, 9.17) is 0 Å². The maximum atomic E-state index is 13.2. The Morgan fingerprint density at radius 2 is 1.38 bits per heavy atom. The first-order chi connectivity index (χ1) is 11.6. The van der Waals surface area contributed by atoms with Crippen molar-refractivity contribution in [3.63, 3.8) is 0 Å². The number of sulfonamides is 1. The highest BCUT2D eigenvalue weighted by Crippen LogP contribution is 2.29. The first-order valence-corrected chi connectivity index (χ1v) is 9.73. The second-order valence-corrected chi connectivity index (χ2v) is 7.89. The summed E-state index contributed by atoms with van der Waals surface area (Å²) in [6.45, 7) is 0. The summed E-state index contributed by atoms with van der Waals surface area (Å²) < 4.78 is 27.4. The van der Waals surface area contributed by atoms with E-state index in [0.29, 0.717) is 5.56 Å². The molecule has 1 aliphatic rings. The normalized spacial score (nSPS) is 15.8. The highest BCUT2D eigenvalue weighted by molar-refractivity contribution is 7.89. The number of carbonyl (C=O) groups excluding carboxylic acids is 1. The lowest BCUT2D eigenvalue weighted by Crippen LogP contribution is -2.45. The van der Waals surface area contributed by atoms with E-state index in [0.717, 1.165) is 36.4 Å². The van der Waals surface area contributed by atoms with Crippen LogP contribution in [0.15, 0.2) is 65.6 Å². The quantitative estimate of drug-likeness (QED) is 0.847. The summed E-state index contributed by atoms with van der Waals surface area (Å²) in [4.78, 5) is 13.2. The van der Waals surface area contributed by atoms with Crippen LogP contribution in [0.3, 0.4) is 0 Å². The standard InChI is InChI=1S/C19H21NO3S/c21-19(16-10-4-1-5-11-16)20(17-12-6-2-7-13-17)24(22,23)18-14-8-3-9-15-18/h1,3-5,8-11,14-15,17H,2,6-7,12-13H2. The monoisotopic (exact) mass is 343 g/mol. The number of amides is 1. The molecule has 0 bridgehead atoms. The first kappa shape index (κ1) is 16.7. The van der Waals surface area contributed by atoms with E-state index in [2.05, 4.69) is 0 Å². The minimum atomic E-state index is -3.86. The van der Waals surface area contributed by atoms with Crippen LogP contribution in [0.4, 0.5) is 0 Å². The van der Waals surface area contributed by atoms with Crippen LogP contribution in [-0.4, -0.2) is 24.7 Å². The van der Waals surface area contributed by atoms with Gasteiger partial charge < -0.3 is 0 Å². The van der Waals surface area contributed by atoms with Gasteiger partial charge in [0.15, 0.2) is 0 Å². The van der Waals surface area contributed by atoms with E-state index in [1.54, 1.807) is 54.6 Å². The topological polar surface area (TPSA) is 54.5 Å². The molecule has 5 heteroatoms. The molecule has 2 aromatic rings. The summed E-state index contributed by atoms with van der Waals surface area (Å²) in [6, 6.07) is 16.6. The van der Waals surface area contributed by atoms with Crippen LogP contribution in [0.2, 0.25) is 0 Å². The minimum Gasteiger partial charge on any atom is -0.268 e. The molecule has 24 heavy (non-hydrogen) atoms. The molecule has 1 fully saturated rings. The van der Waals surface area contributed by atoms with E-state index in [-0.39, 0.29) is 10.9 Å². The van der Waals surface area contributed by atoms with Crippen molar-refractivity contribution in [2.45, 2.75) is 43.0 Å². The third kappa shape index (κ3) is 3.36. The van der Waals surface area contributed by atoms with E-state index in [9.17, 15) is 13.2 Å². The van der Waals surface area contributed by atoms with Crippen molar-refractivity contribution in [2.24, 2.45) is 0 Å². The molecule has 0 radical (unpaired) electrons. The van der Waals surface area contributed by atoms with Crippen LogP contribution in [0.1, 0.15) is 42.5 Å². The average molecular weight is 343 g/mol. The molecule has 126 valence electrons. The molecule has 0 atom stereocenters. The van der Waals surface area contributed by atoms with Crippen LogP contribution in [0.5, 0.6) is 0 Å². The predicted molar refractivity (Wildman–Crippen MR) is 93.1 cm³/mol. The molecule has 1 aliphatic carbocycles. The summed E-state index contributed by atoms with van der Waals surface area (Å²) in [5.74, 6) is -0.439. The summed E-state index contributed by atoms with van der Waals surface area (Å²) in [5, 5.41) is 0. The molecule has 1 amide bonds. The van der Waals surface area contributed by atoms with Gasteiger partial charge in [0.1, 0.15) is 0 Å². The lowest BCUT2D eigenvalue weighted by atomic mass is 9.95. The Morgan fingerprint density at radius 3 is 1.96 bits per heavy atom. The summed E-state index contributed by atoms with van der Waals surface area (Å²) in [7, 11) is -3.86. The van der Waals surface area contributed by atoms with Crippen molar-refractivity contribution in [1.82, 2.24) is 4.31 Å². The maximum Gasteiger partial charge on any atom is 0.267 e. The van der Waals surface area contributed by atoms with Crippen molar-refractivity contribution in [3.8, 4) is 0 Å². The van der Waals surface area contributed by atoms with Crippen LogP contribution < -0.4 is 0 Å². The van der Waals surface area contributed by atoms with Crippen LogP contribution in [-0.2, 0) is 10.0 Å². The van der Waals surface area contributed by atoms with Crippen molar-refractivity contribution < 1.29 is 13.2 Å². The van der Waals surface area contributed by atoms with Gasteiger partial charge in [-0.1, -0.05) is 55.7 Å². The second kappa shape index (κ2) is 7.18. The Morgan fingerprint density at radius 1 is 0.833 bits per heavy atom. The van der Waals surface area contributed by atoms with Gasteiger partial charge in [-0.25, -0.2) is 12.7 Å². The van der Waals surface area contributed by atoms with E-state index >= 15 is 0 Å². The molecule has 0 aromatic heterocycles. The Labute approximate surface area is 143 Å². The fraction of sp³-hybridized carbons (Fsp3) is 0.316. The summed E-state index contributed by atoms with van der Waals surface area (Å²) in [5.41, 5.74) is 0.405. The van der Waals surface area contributed by atoms with Crippen LogP contribution in [0, 0.1) is 0 Å². The molecule has 0 aliphatic heterocycles. The van der Waals surface area contributed by atoms with Gasteiger partial charge in [0.25, 0.3) is 15.9 Å². The minimum absolute atomic E-state index is 0.167. The Bertz CT molecular complexity index is 782. The molecule has 4 nitrogen and oxygen atoms in total. The maximum absolute atomic E-state index is 13.2. The lowest BCUT2D eigenvalue weighted by Gasteiger charge is -2.33. The average Bonchev–Trinajstić information content (AvgIpc) is 2.64. The van der Waals surface area contributed by atoms with Gasteiger partial charge in [-0.15, -0.1) is 0 Å². The third-order valence-electron chi connectivity index (χ3n) is 4.43. The molecular formula is C19H21NO3S. The largest absolute Gasteiger partial charge is 0.268 e. The van der Waals surface area contributed by atoms with Crippen LogP contribution >= 0.6 is 0 Å². The van der Waals surface area contributed by atoms with Gasteiger partial charge in [-0.2, -0.15) is 0 Å².